The summed E-state index contributed by atoms with van der Waals surface area (Å²) in [5, 5.41) is 11.1. The molecule has 0 aliphatic rings. The smallest absolute Gasteiger partial charge is 0.408 e. The summed E-state index contributed by atoms with van der Waals surface area (Å²) in [6, 6.07) is -1.10. The Balaban J connectivity index is 4.30. The molecule has 0 aliphatic carbocycles. The Kier molecular flexibility index (Phi) is 5.64. The fraction of sp³-hybridized carbons (Fsp3) is 0.727. The first-order chi connectivity index (χ1) is 7.61. The predicted octanol–water partition coefficient (Wildman–Crippen LogP) is 1.33. The maximum absolute atomic E-state index is 11.3. The number of carbonyl (C=O) groups excluding carboxylic acids is 2. The Morgan fingerprint density at radius 3 is 2.18 bits per heavy atom. The molecule has 0 radical (unpaired) electrons. The summed E-state index contributed by atoms with van der Waals surface area (Å²) in [5.41, 5.74) is -0.687. The van der Waals surface area contributed by atoms with E-state index in [1.807, 2.05) is 0 Å². The van der Waals surface area contributed by atoms with Crippen LogP contribution in [0.4, 0.5) is 4.79 Å². The molecule has 1 amide bonds. The van der Waals surface area contributed by atoms with Crippen molar-refractivity contribution in [3.05, 3.63) is 0 Å². The molecule has 0 aromatic carbocycles. The van der Waals surface area contributed by atoms with Crippen molar-refractivity contribution in [3.8, 4) is 0 Å². The van der Waals surface area contributed by atoms with Crippen molar-refractivity contribution in [2.24, 2.45) is 0 Å². The third-order valence-electron chi connectivity index (χ3n) is 1.77. The largest absolute Gasteiger partial charge is 0.480 e. The van der Waals surface area contributed by atoms with Crippen LogP contribution >= 0.6 is 0 Å². The van der Waals surface area contributed by atoms with Gasteiger partial charge in [-0.05, 0) is 34.1 Å². The molecular formula is C11H19NO5. The topological polar surface area (TPSA) is 92.7 Å². The van der Waals surface area contributed by atoms with Crippen molar-refractivity contribution in [1.82, 2.24) is 5.32 Å². The van der Waals surface area contributed by atoms with Gasteiger partial charge in [-0.1, -0.05) is 0 Å². The number of hydrogen-bond acceptors (Lipinski definition) is 4. The first-order valence-electron chi connectivity index (χ1n) is 5.33. The number of alkyl carbamates (subject to hydrolysis) is 1. The first kappa shape index (κ1) is 15.4. The van der Waals surface area contributed by atoms with Crippen LogP contribution in [0.2, 0.25) is 0 Å². The van der Waals surface area contributed by atoms with Crippen molar-refractivity contribution in [1.29, 1.82) is 0 Å². The van der Waals surface area contributed by atoms with Crippen LogP contribution in [-0.4, -0.2) is 34.6 Å². The zero-order valence-electron chi connectivity index (χ0n) is 10.6. The molecule has 2 N–H and O–H groups in total. The van der Waals surface area contributed by atoms with E-state index in [1.54, 1.807) is 20.8 Å². The zero-order chi connectivity index (χ0) is 13.6. The Bertz CT molecular complexity index is 305. The lowest BCUT2D eigenvalue weighted by molar-refractivity contribution is -0.139. The van der Waals surface area contributed by atoms with E-state index in [0.29, 0.717) is 0 Å². The summed E-state index contributed by atoms with van der Waals surface area (Å²) in [6.45, 7) is 6.40. The van der Waals surface area contributed by atoms with Gasteiger partial charge in [-0.15, -0.1) is 0 Å². The average Bonchev–Trinajstić information content (AvgIpc) is 2.08. The highest BCUT2D eigenvalue weighted by atomic mass is 16.6. The molecule has 0 fully saturated rings. The standard InChI is InChI=1S/C11H19NO5/c1-7(13)5-6-8(9(14)15)12-10(16)17-11(2,3)4/h8H,5-6H2,1-4H3,(H,12,16)(H,14,15). The van der Waals surface area contributed by atoms with Gasteiger partial charge in [0.2, 0.25) is 0 Å². The summed E-state index contributed by atoms with van der Waals surface area (Å²) < 4.78 is 4.93. The van der Waals surface area contributed by atoms with Crippen LogP contribution < -0.4 is 5.32 Å². The van der Waals surface area contributed by atoms with Gasteiger partial charge in [0.25, 0.3) is 0 Å². The molecule has 6 nitrogen and oxygen atoms in total. The van der Waals surface area contributed by atoms with Crippen LogP contribution in [0.25, 0.3) is 0 Å². The maximum Gasteiger partial charge on any atom is 0.408 e. The lowest BCUT2D eigenvalue weighted by Gasteiger charge is -2.21. The minimum atomic E-state index is -1.18. The fourth-order valence-electron chi connectivity index (χ4n) is 1.05. The van der Waals surface area contributed by atoms with Crippen LogP contribution in [0.5, 0.6) is 0 Å². The van der Waals surface area contributed by atoms with E-state index in [2.05, 4.69) is 5.32 Å². The number of amides is 1. The van der Waals surface area contributed by atoms with Gasteiger partial charge in [-0.25, -0.2) is 9.59 Å². The summed E-state index contributed by atoms with van der Waals surface area (Å²) in [6.07, 6.45) is -0.634. The van der Waals surface area contributed by atoms with Crippen LogP contribution in [0.15, 0.2) is 0 Å². The van der Waals surface area contributed by atoms with E-state index in [1.165, 1.54) is 6.92 Å². The molecule has 1 atom stereocenters. The number of hydrogen-bond donors (Lipinski definition) is 2. The number of Topliss-reactive ketones (excluding diaryl/α,β-unsaturated/α-hetero) is 1. The number of nitrogens with one attached hydrogen (secondary N) is 1. The van der Waals surface area contributed by atoms with Crippen molar-refractivity contribution in [3.63, 3.8) is 0 Å². The zero-order valence-corrected chi connectivity index (χ0v) is 10.6. The van der Waals surface area contributed by atoms with Gasteiger partial charge in [0.05, 0.1) is 0 Å². The first-order valence-corrected chi connectivity index (χ1v) is 5.33. The fourth-order valence-corrected chi connectivity index (χ4v) is 1.05. The Hall–Kier alpha value is -1.59. The van der Waals surface area contributed by atoms with Gasteiger partial charge in [0.15, 0.2) is 0 Å². The molecule has 0 aliphatic heterocycles. The van der Waals surface area contributed by atoms with E-state index in [4.69, 9.17) is 9.84 Å². The third-order valence-corrected chi connectivity index (χ3v) is 1.77. The highest BCUT2D eigenvalue weighted by Crippen LogP contribution is 2.07. The highest BCUT2D eigenvalue weighted by Gasteiger charge is 2.23. The molecule has 0 saturated carbocycles. The van der Waals surface area contributed by atoms with Crippen LogP contribution in [0, 0.1) is 0 Å². The molecule has 0 heterocycles. The van der Waals surface area contributed by atoms with Gasteiger partial charge in [-0.3, -0.25) is 0 Å². The second kappa shape index (κ2) is 6.22. The van der Waals surface area contributed by atoms with Crippen LogP contribution in [0.1, 0.15) is 40.5 Å². The Labute approximate surface area is 100 Å². The second-order valence-corrected chi connectivity index (χ2v) is 4.78. The number of carboxylic acids is 1. The SMILES string of the molecule is CC(=O)CCC(NC(=O)OC(C)(C)C)C(=O)O. The van der Waals surface area contributed by atoms with E-state index < -0.39 is 23.7 Å². The quantitative estimate of drug-likeness (QED) is 0.762. The molecular weight excluding hydrogens is 226 g/mol. The number of aliphatic carboxylic acids is 1. The number of ether oxygens (including phenoxy) is 1. The molecule has 6 heteroatoms. The Morgan fingerprint density at radius 2 is 1.82 bits per heavy atom. The molecule has 98 valence electrons. The minimum Gasteiger partial charge on any atom is -0.480 e. The van der Waals surface area contributed by atoms with Crippen molar-refractivity contribution < 1.29 is 24.2 Å². The van der Waals surface area contributed by atoms with Gasteiger partial charge in [-0.2, -0.15) is 0 Å². The summed E-state index contributed by atoms with van der Waals surface area (Å²) in [7, 11) is 0. The van der Waals surface area contributed by atoms with E-state index in [9.17, 15) is 14.4 Å². The van der Waals surface area contributed by atoms with Gasteiger partial charge >= 0.3 is 12.1 Å². The molecule has 0 bridgehead atoms. The summed E-state index contributed by atoms with van der Waals surface area (Å²) in [5.74, 6) is -1.31. The monoisotopic (exact) mass is 245 g/mol. The predicted molar refractivity (Wildman–Crippen MR) is 60.7 cm³/mol. The molecule has 0 rings (SSSR count). The lowest BCUT2D eigenvalue weighted by Crippen LogP contribution is -2.43. The molecule has 0 saturated heterocycles. The van der Waals surface area contributed by atoms with Crippen molar-refractivity contribution in [2.75, 3.05) is 0 Å². The van der Waals surface area contributed by atoms with Crippen molar-refractivity contribution >= 4 is 17.8 Å². The van der Waals surface area contributed by atoms with Crippen molar-refractivity contribution in [2.45, 2.75) is 52.2 Å². The van der Waals surface area contributed by atoms with E-state index in [-0.39, 0.29) is 18.6 Å². The minimum absolute atomic E-state index is 0.0594. The van der Waals surface area contributed by atoms with Gasteiger partial charge in [0.1, 0.15) is 17.4 Å². The number of rotatable bonds is 5. The molecule has 0 aromatic rings. The van der Waals surface area contributed by atoms with Gasteiger partial charge < -0.3 is 20.0 Å². The number of ketones is 1. The lowest BCUT2D eigenvalue weighted by atomic mass is 10.1. The normalized spacial score (nSPS) is 12.7. The van der Waals surface area contributed by atoms with E-state index in [0.717, 1.165) is 0 Å². The summed E-state index contributed by atoms with van der Waals surface area (Å²) in [4.78, 5) is 32.9. The highest BCUT2D eigenvalue weighted by molar-refractivity contribution is 5.81. The van der Waals surface area contributed by atoms with Crippen LogP contribution in [-0.2, 0) is 14.3 Å². The Morgan fingerprint density at radius 1 is 1.29 bits per heavy atom. The molecule has 0 spiro atoms. The molecule has 0 aromatic heterocycles. The summed E-state index contributed by atoms with van der Waals surface area (Å²) >= 11 is 0. The average molecular weight is 245 g/mol. The number of carbonyl (C=O) groups is 3. The number of carboxylic acid groups (broad SMARTS) is 1. The second-order valence-electron chi connectivity index (χ2n) is 4.78. The van der Waals surface area contributed by atoms with Crippen LogP contribution in [0.3, 0.4) is 0 Å². The third kappa shape index (κ3) is 8.24. The maximum atomic E-state index is 11.3. The molecule has 1 unspecified atom stereocenters. The molecule has 17 heavy (non-hydrogen) atoms. The van der Waals surface area contributed by atoms with E-state index >= 15 is 0 Å². The van der Waals surface area contributed by atoms with Gasteiger partial charge in [0, 0.05) is 6.42 Å².